The molecule has 2 heterocycles. The Morgan fingerprint density at radius 3 is 2.58 bits per heavy atom. The van der Waals surface area contributed by atoms with Crippen LogP contribution in [0.3, 0.4) is 0 Å². The van der Waals surface area contributed by atoms with Crippen LogP contribution < -0.4 is 10.1 Å². The molecule has 0 saturated heterocycles. The molecule has 3 aromatic rings. The van der Waals surface area contributed by atoms with E-state index in [1.807, 2.05) is 19.9 Å². The zero-order valence-corrected chi connectivity index (χ0v) is 13.4. The van der Waals surface area contributed by atoms with Crippen LogP contribution in [0.2, 0.25) is 0 Å². The zero-order chi connectivity index (χ0) is 16.9. The van der Waals surface area contributed by atoms with E-state index in [0.717, 1.165) is 11.5 Å². The van der Waals surface area contributed by atoms with Crippen LogP contribution in [-0.4, -0.2) is 15.9 Å². The first-order valence-corrected chi connectivity index (χ1v) is 7.51. The van der Waals surface area contributed by atoms with Crippen molar-refractivity contribution in [3.63, 3.8) is 0 Å². The SMILES string of the molecule is Cc1nc(CNC(=O)c2ccc(Oc3cccnc3)cc2)oc1C. The molecule has 0 fully saturated rings. The lowest BCUT2D eigenvalue weighted by Gasteiger charge is -2.06. The van der Waals surface area contributed by atoms with Crippen molar-refractivity contribution in [2.75, 3.05) is 0 Å². The van der Waals surface area contributed by atoms with Crippen LogP contribution in [0.1, 0.15) is 27.7 Å². The highest BCUT2D eigenvalue weighted by molar-refractivity contribution is 5.94. The van der Waals surface area contributed by atoms with Gasteiger partial charge >= 0.3 is 0 Å². The summed E-state index contributed by atoms with van der Waals surface area (Å²) in [6.45, 7) is 3.96. The molecular weight excluding hydrogens is 306 g/mol. The first-order valence-electron chi connectivity index (χ1n) is 7.51. The van der Waals surface area contributed by atoms with Crippen LogP contribution >= 0.6 is 0 Å². The van der Waals surface area contributed by atoms with Crippen molar-refractivity contribution in [1.29, 1.82) is 0 Å². The Morgan fingerprint density at radius 2 is 1.96 bits per heavy atom. The predicted octanol–water partition coefficient (Wildman–Crippen LogP) is 3.41. The van der Waals surface area contributed by atoms with Gasteiger partial charge in [0, 0.05) is 11.8 Å². The van der Waals surface area contributed by atoms with Crippen LogP contribution in [0.4, 0.5) is 0 Å². The van der Waals surface area contributed by atoms with Crippen LogP contribution in [0.5, 0.6) is 11.5 Å². The van der Waals surface area contributed by atoms with E-state index in [0.29, 0.717) is 23.0 Å². The van der Waals surface area contributed by atoms with Gasteiger partial charge in [0.1, 0.15) is 17.3 Å². The second-order valence-corrected chi connectivity index (χ2v) is 5.25. The zero-order valence-electron chi connectivity index (χ0n) is 13.4. The van der Waals surface area contributed by atoms with Gasteiger partial charge in [-0.05, 0) is 50.2 Å². The second kappa shape index (κ2) is 6.95. The largest absolute Gasteiger partial charge is 0.456 e. The Balaban J connectivity index is 1.59. The van der Waals surface area contributed by atoms with Crippen LogP contribution in [0.25, 0.3) is 0 Å². The number of hydrogen-bond donors (Lipinski definition) is 1. The number of aromatic nitrogens is 2. The summed E-state index contributed by atoms with van der Waals surface area (Å²) < 4.78 is 11.1. The molecule has 3 rings (SSSR count). The number of aryl methyl sites for hydroxylation is 2. The quantitative estimate of drug-likeness (QED) is 0.778. The molecule has 1 amide bonds. The number of carbonyl (C=O) groups excluding carboxylic acids is 1. The summed E-state index contributed by atoms with van der Waals surface area (Å²) in [5.41, 5.74) is 1.37. The van der Waals surface area contributed by atoms with Crippen LogP contribution in [0, 0.1) is 13.8 Å². The van der Waals surface area contributed by atoms with Crippen molar-refractivity contribution in [3.8, 4) is 11.5 Å². The highest BCUT2D eigenvalue weighted by Crippen LogP contribution is 2.20. The third kappa shape index (κ3) is 3.78. The van der Waals surface area contributed by atoms with Gasteiger partial charge in [0.05, 0.1) is 18.4 Å². The van der Waals surface area contributed by atoms with Gasteiger partial charge < -0.3 is 14.5 Å². The number of nitrogens with zero attached hydrogens (tertiary/aromatic N) is 2. The Morgan fingerprint density at radius 1 is 1.17 bits per heavy atom. The van der Waals surface area contributed by atoms with E-state index in [9.17, 15) is 4.79 Å². The summed E-state index contributed by atoms with van der Waals surface area (Å²) >= 11 is 0. The molecule has 24 heavy (non-hydrogen) atoms. The minimum absolute atomic E-state index is 0.198. The number of nitrogens with one attached hydrogen (secondary N) is 1. The number of ether oxygens (including phenoxy) is 1. The molecule has 1 aromatic carbocycles. The van der Waals surface area contributed by atoms with Crippen molar-refractivity contribution >= 4 is 5.91 Å². The normalized spacial score (nSPS) is 10.4. The maximum Gasteiger partial charge on any atom is 0.251 e. The molecule has 0 radical (unpaired) electrons. The summed E-state index contributed by atoms with van der Waals surface area (Å²) in [6, 6.07) is 10.5. The number of oxazole rings is 1. The number of pyridine rings is 1. The fourth-order valence-corrected chi connectivity index (χ4v) is 2.09. The molecule has 6 heteroatoms. The topological polar surface area (TPSA) is 77.2 Å². The maximum atomic E-state index is 12.1. The van der Waals surface area contributed by atoms with Crippen molar-refractivity contribution in [3.05, 3.63) is 71.7 Å². The van der Waals surface area contributed by atoms with Crippen molar-refractivity contribution in [1.82, 2.24) is 15.3 Å². The minimum Gasteiger partial charge on any atom is -0.456 e. The number of amides is 1. The van der Waals surface area contributed by atoms with E-state index in [1.54, 1.807) is 42.7 Å². The summed E-state index contributed by atoms with van der Waals surface area (Å²) in [6.07, 6.45) is 3.30. The maximum absolute atomic E-state index is 12.1. The molecule has 6 nitrogen and oxygen atoms in total. The number of rotatable bonds is 5. The first-order chi connectivity index (χ1) is 11.6. The van der Waals surface area contributed by atoms with Gasteiger partial charge in [-0.3, -0.25) is 9.78 Å². The predicted molar refractivity (Wildman–Crippen MR) is 87.9 cm³/mol. The highest BCUT2D eigenvalue weighted by Gasteiger charge is 2.09. The lowest BCUT2D eigenvalue weighted by molar-refractivity contribution is 0.0947. The standard InChI is InChI=1S/C18H17N3O3/c1-12-13(2)23-17(21-12)11-20-18(22)14-5-7-15(8-6-14)24-16-4-3-9-19-10-16/h3-10H,11H2,1-2H3,(H,20,22). The third-order valence-corrected chi connectivity index (χ3v) is 3.46. The van der Waals surface area contributed by atoms with E-state index in [4.69, 9.17) is 9.15 Å². The Hall–Kier alpha value is -3.15. The smallest absolute Gasteiger partial charge is 0.251 e. The molecule has 0 aliphatic heterocycles. The molecule has 0 aliphatic carbocycles. The van der Waals surface area contributed by atoms with Gasteiger partial charge in [0.25, 0.3) is 5.91 Å². The molecular formula is C18H17N3O3. The van der Waals surface area contributed by atoms with Gasteiger partial charge in [-0.25, -0.2) is 4.98 Å². The molecule has 0 saturated carbocycles. The van der Waals surface area contributed by atoms with Crippen molar-refractivity contribution in [2.24, 2.45) is 0 Å². The van der Waals surface area contributed by atoms with E-state index in [1.165, 1.54) is 0 Å². The molecule has 2 aromatic heterocycles. The monoisotopic (exact) mass is 323 g/mol. The average Bonchev–Trinajstić information content (AvgIpc) is 2.92. The fourth-order valence-electron chi connectivity index (χ4n) is 2.09. The molecule has 1 N–H and O–H groups in total. The van der Waals surface area contributed by atoms with Gasteiger partial charge in [0.2, 0.25) is 5.89 Å². The van der Waals surface area contributed by atoms with Gasteiger partial charge in [0.15, 0.2) is 0 Å². The molecule has 122 valence electrons. The summed E-state index contributed by atoms with van der Waals surface area (Å²) in [5.74, 6) is 2.34. The molecule has 0 bridgehead atoms. The van der Waals surface area contributed by atoms with E-state index < -0.39 is 0 Å². The van der Waals surface area contributed by atoms with E-state index in [2.05, 4.69) is 15.3 Å². The molecule has 0 spiro atoms. The fraction of sp³-hybridized carbons (Fsp3) is 0.167. The average molecular weight is 323 g/mol. The number of benzene rings is 1. The lowest BCUT2D eigenvalue weighted by Crippen LogP contribution is -2.22. The van der Waals surface area contributed by atoms with Gasteiger partial charge in [-0.1, -0.05) is 0 Å². The number of hydrogen-bond acceptors (Lipinski definition) is 5. The summed E-state index contributed by atoms with van der Waals surface area (Å²) in [5, 5.41) is 2.78. The second-order valence-electron chi connectivity index (χ2n) is 5.25. The van der Waals surface area contributed by atoms with E-state index in [-0.39, 0.29) is 12.5 Å². The molecule has 0 aliphatic rings. The van der Waals surface area contributed by atoms with Crippen LogP contribution in [-0.2, 0) is 6.54 Å². The Bertz CT molecular complexity index is 807. The van der Waals surface area contributed by atoms with Crippen molar-refractivity contribution < 1.29 is 13.9 Å². The van der Waals surface area contributed by atoms with Crippen molar-refractivity contribution in [2.45, 2.75) is 20.4 Å². The van der Waals surface area contributed by atoms with E-state index >= 15 is 0 Å². The van der Waals surface area contributed by atoms with Crippen LogP contribution in [0.15, 0.2) is 53.2 Å². The Labute approximate surface area is 139 Å². The van der Waals surface area contributed by atoms with Gasteiger partial charge in [-0.2, -0.15) is 0 Å². The summed E-state index contributed by atoms with van der Waals surface area (Å²) in [4.78, 5) is 20.4. The third-order valence-electron chi connectivity index (χ3n) is 3.46. The molecule has 0 atom stereocenters. The number of carbonyl (C=O) groups is 1. The lowest BCUT2D eigenvalue weighted by atomic mass is 10.2. The summed E-state index contributed by atoms with van der Waals surface area (Å²) in [7, 11) is 0. The van der Waals surface area contributed by atoms with Gasteiger partial charge in [-0.15, -0.1) is 0 Å². The highest BCUT2D eigenvalue weighted by atomic mass is 16.5. The Kier molecular flexibility index (Phi) is 4.56. The first kappa shape index (κ1) is 15.7. The minimum atomic E-state index is -0.198. The molecule has 0 unspecified atom stereocenters.